The predicted molar refractivity (Wildman–Crippen MR) is 135 cm³/mol. The molecule has 0 spiro atoms. The molecule has 1 aliphatic heterocycles. The molecule has 6 nitrogen and oxygen atoms in total. The standard InChI is InChI=1S/C27H28N4O2S/c1-19-29-24-18-21(9-10-25(24)31(19)22-6-3-2-4-7-22)27(33)30-15-12-20(13-16-30)26(32)28-14-11-23-8-5-17-34-23/h2-10,17-18,20H,11-16H2,1H3,(H,28,32). The second-order valence-corrected chi connectivity index (χ2v) is 9.75. The Morgan fingerprint density at radius 3 is 2.59 bits per heavy atom. The van der Waals surface area contributed by atoms with Gasteiger partial charge >= 0.3 is 0 Å². The van der Waals surface area contributed by atoms with Crippen LogP contribution in [-0.4, -0.2) is 45.9 Å². The fourth-order valence-electron chi connectivity index (χ4n) is 4.67. The van der Waals surface area contributed by atoms with Crippen molar-refractivity contribution in [3.63, 3.8) is 0 Å². The van der Waals surface area contributed by atoms with Gasteiger partial charge in [-0.15, -0.1) is 11.3 Å². The molecule has 4 aromatic rings. The molecule has 0 radical (unpaired) electrons. The zero-order chi connectivity index (χ0) is 23.5. The topological polar surface area (TPSA) is 67.2 Å². The lowest BCUT2D eigenvalue weighted by atomic mass is 9.95. The van der Waals surface area contributed by atoms with Crippen molar-refractivity contribution in [2.24, 2.45) is 5.92 Å². The molecule has 34 heavy (non-hydrogen) atoms. The van der Waals surface area contributed by atoms with Crippen molar-refractivity contribution in [1.29, 1.82) is 0 Å². The van der Waals surface area contributed by atoms with E-state index >= 15 is 0 Å². The van der Waals surface area contributed by atoms with Gasteiger partial charge in [0.05, 0.1) is 11.0 Å². The number of hydrogen-bond donors (Lipinski definition) is 1. The van der Waals surface area contributed by atoms with Crippen molar-refractivity contribution in [1.82, 2.24) is 19.8 Å². The Hall–Kier alpha value is -3.45. The normalized spacial score (nSPS) is 14.4. The van der Waals surface area contributed by atoms with Gasteiger partial charge in [-0.25, -0.2) is 4.98 Å². The van der Waals surface area contributed by atoms with Gasteiger partial charge in [-0.2, -0.15) is 0 Å². The van der Waals surface area contributed by atoms with Crippen LogP contribution in [0.3, 0.4) is 0 Å². The number of amides is 2. The number of rotatable bonds is 6. The summed E-state index contributed by atoms with van der Waals surface area (Å²) >= 11 is 1.71. The van der Waals surface area contributed by atoms with Gasteiger partial charge in [-0.05, 0) is 68.0 Å². The van der Waals surface area contributed by atoms with E-state index in [1.807, 2.05) is 54.3 Å². The Labute approximate surface area is 203 Å². The Bertz CT molecular complexity index is 1290. The van der Waals surface area contributed by atoms with E-state index in [1.165, 1.54) is 4.88 Å². The van der Waals surface area contributed by atoms with E-state index in [9.17, 15) is 9.59 Å². The van der Waals surface area contributed by atoms with Crippen molar-refractivity contribution in [3.05, 3.63) is 82.3 Å². The molecule has 1 N–H and O–H groups in total. The van der Waals surface area contributed by atoms with Crippen LogP contribution in [0.25, 0.3) is 16.7 Å². The lowest BCUT2D eigenvalue weighted by Gasteiger charge is -2.31. The van der Waals surface area contributed by atoms with E-state index in [4.69, 9.17) is 4.98 Å². The molecule has 7 heteroatoms. The smallest absolute Gasteiger partial charge is 0.253 e. The highest BCUT2D eigenvalue weighted by molar-refractivity contribution is 7.09. The maximum Gasteiger partial charge on any atom is 0.253 e. The Morgan fingerprint density at radius 1 is 1.06 bits per heavy atom. The van der Waals surface area contributed by atoms with E-state index in [1.54, 1.807) is 11.3 Å². The van der Waals surface area contributed by atoms with Gasteiger partial charge in [0.1, 0.15) is 5.82 Å². The molecular weight excluding hydrogens is 444 g/mol. The van der Waals surface area contributed by atoms with Crippen LogP contribution in [0.1, 0.15) is 33.9 Å². The molecule has 0 atom stereocenters. The molecule has 1 fully saturated rings. The average Bonchev–Trinajstić information content (AvgIpc) is 3.50. The van der Waals surface area contributed by atoms with Crippen LogP contribution < -0.4 is 5.32 Å². The predicted octanol–water partition coefficient (Wildman–Crippen LogP) is 4.61. The molecule has 5 rings (SSSR count). The number of fused-ring (bicyclic) bond motifs is 1. The molecule has 0 bridgehead atoms. The van der Waals surface area contributed by atoms with Crippen LogP contribution in [0.15, 0.2) is 66.0 Å². The number of thiophene rings is 1. The van der Waals surface area contributed by atoms with Crippen molar-refractivity contribution >= 4 is 34.2 Å². The minimum Gasteiger partial charge on any atom is -0.355 e. The van der Waals surface area contributed by atoms with Gasteiger partial charge in [-0.1, -0.05) is 24.3 Å². The summed E-state index contributed by atoms with van der Waals surface area (Å²) in [6, 6.07) is 20.0. The number of piperidine rings is 1. The minimum atomic E-state index is -0.0286. The summed E-state index contributed by atoms with van der Waals surface area (Å²) in [7, 11) is 0. The van der Waals surface area contributed by atoms with Crippen molar-refractivity contribution < 1.29 is 9.59 Å². The van der Waals surface area contributed by atoms with Crippen LogP contribution in [0, 0.1) is 12.8 Å². The summed E-state index contributed by atoms with van der Waals surface area (Å²) in [4.78, 5) is 33.6. The quantitative estimate of drug-likeness (QED) is 0.446. The molecule has 2 amide bonds. The monoisotopic (exact) mass is 472 g/mol. The maximum atomic E-state index is 13.2. The molecule has 2 aromatic carbocycles. The first-order chi connectivity index (χ1) is 16.6. The van der Waals surface area contributed by atoms with E-state index in [0.717, 1.165) is 29.0 Å². The van der Waals surface area contributed by atoms with Crippen LogP contribution in [0.2, 0.25) is 0 Å². The fourth-order valence-corrected chi connectivity index (χ4v) is 5.38. The summed E-state index contributed by atoms with van der Waals surface area (Å²) in [6.45, 7) is 3.83. The first kappa shape index (κ1) is 22.3. The van der Waals surface area contributed by atoms with Crippen LogP contribution in [0.4, 0.5) is 0 Å². The molecular formula is C27H28N4O2S. The molecule has 174 valence electrons. The van der Waals surface area contributed by atoms with E-state index in [-0.39, 0.29) is 17.7 Å². The number of aryl methyl sites for hydroxylation is 1. The highest BCUT2D eigenvalue weighted by atomic mass is 32.1. The van der Waals surface area contributed by atoms with E-state index < -0.39 is 0 Å². The number of nitrogens with one attached hydrogen (secondary N) is 1. The number of para-hydroxylation sites is 1. The number of carbonyl (C=O) groups is 2. The molecule has 1 aliphatic rings. The van der Waals surface area contributed by atoms with Crippen LogP contribution in [-0.2, 0) is 11.2 Å². The Morgan fingerprint density at radius 2 is 1.85 bits per heavy atom. The lowest BCUT2D eigenvalue weighted by Crippen LogP contribution is -2.43. The molecule has 3 heterocycles. The zero-order valence-corrected chi connectivity index (χ0v) is 20.1. The summed E-state index contributed by atoms with van der Waals surface area (Å²) in [5.41, 5.74) is 3.49. The van der Waals surface area contributed by atoms with Gasteiger partial charge in [0.2, 0.25) is 5.91 Å². The molecule has 0 aliphatic carbocycles. The number of imidazole rings is 1. The number of benzene rings is 2. The molecule has 2 aromatic heterocycles. The second-order valence-electron chi connectivity index (χ2n) is 8.72. The maximum absolute atomic E-state index is 13.2. The molecule has 0 saturated carbocycles. The SMILES string of the molecule is Cc1nc2cc(C(=O)N3CCC(C(=O)NCCc4cccs4)CC3)ccc2n1-c1ccccc1. The third-order valence-electron chi connectivity index (χ3n) is 6.49. The highest BCUT2D eigenvalue weighted by Crippen LogP contribution is 2.24. The van der Waals surface area contributed by atoms with E-state index in [0.29, 0.717) is 38.0 Å². The van der Waals surface area contributed by atoms with Gasteiger partial charge in [-0.3, -0.25) is 14.2 Å². The first-order valence-corrected chi connectivity index (χ1v) is 12.6. The van der Waals surface area contributed by atoms with Crippen molar-refractivity contribution in [2.45, 2.75) is 26.2 Å². The Balaban J connectivity index is 1.20. The summed E-state index contributed by atoms with van der Waals surface area (Å²) in [5.74, 6) is 0.966. The second kappa shape index (κ2) is 9.81. The number of nitrogens with zero attached hydrogens (tertiary/aromatic N) is 3. The van der Waals surface area contributed by atoms with Gasteiger partial charge in [0, 0.05) is 41.7 Å². The summed E-state index contributed by atoms with van der Waals surface area (Å²) < 4.78 is 2.10. The van der Waals surface area contributed by atoms with Crippen molar-refractivity contribution in [3.8, 4) is 5.69 Å². The number of hydrogen-bond acceptors (Lipinski definition) is 4. The first-order valence-electron chi connectivity index (χ1n) is 11.7. The van der Waals surface area contributed by atoms with Crippen LogP contribution in [0.5, 0.6) is 0 Å². The molecule has 1 saturated heterocycles. The van der Waals surface area contributed by atoms with Crippen LogP contribution >= 0.6 is 11.3 Å². The fraction of sp³-hybridized carbons (Fsp3) is 0.296. The average molecular weight is 473 g/mol. The number of aromatic nitrogens is 2. The number of carbonyl (C=O) groups excluding carboxylic acids is 2. The van der Waals surface area contributed by atoms with E-state index in [2.05, 4.69) is 33.5 Å². The zero-order valence-electron chi connectivity index (χ0n) is 19.2. The van der Waals surface area contributed by atoms with Gasteiger partial charge in [0.25, 0.3) is 5.91 Å². The van der Waals surface area contributed by atoms with Gasteiger partial charge < -0.3 is 10.2 Å². The minimum absolute atomic E-state index is 0.00497. The van der Waals surface area contributed by atoms with Crippen molar-refractivity contribution in [2.75, 3.05) is 19.6 Å². The van der Waals surface area contributed by atoms with Gasteiger partial charge in [0.15, 0.2) is 0 Å². The molecule has 0 unspecified atom stereocenters. The summed E-state index contributed by atoms with van der Waals surface area (Å²) in [5, 5.41) is 5.11. The lowest BCUT2D eigenvalue weighted by molar-refractivity contribution is -0.126. The highest BCUT2D eigenvalue weighted by Gasteiger charge is 2.28. The third kappa shape index (κ3) is 4.61. The summed E-state index contributed by atoms with van der Waals surface area (Å²) in [6.07, 6.45) is 2.25. The number of likely N-dealkylation sites (tertiary alicyclic amines) is 1. The Kier molecular flexibility index (Phi) is 6.45. The largest absolute Gasteiger partial charge is 0.355 e. The third-order valence-corrected chi connectivity index (χ3v) is 7.42.